The number of thiazole rings is 1. The van der Waals surface area contributed by atoms with Gasteiger partial charge >= 0.3 is 0 Å². The molecule has 140 valence electrons. The fourth-order valence-corrected chi connectivity index (χ4v) is 3.93. The van der Waals surface area contributed by atoms with Gasteiger partial charge in [-0.3, -0.25) is 14.9 Å². The summed E-state index contributed by atoms with van der Waals surface area (Å²) in [6.45, 7) is 4.35. The molecule has 1 heterocycles. The van der Waals surface area contributed by atoms with Gasteiger partial charge in [-0.05, 0) is 54.8 Å². The summed E-state index contributed by atoms with van der Waals surface area (Å²) in [5.41, 5.74) is 3.87. The van der Waals surface area contributed by atoms with E-state index in [1.54, 1.807) is 18.2 Å². The molecule has 0 aliphatic rings. The zero-order valence-electron chi connectivity index (χ0n) is 15.4. The van der Waals surface area contributed by atoms with Gasteiger partial charge in [0.05, 0.1) is 21.7 Å². The van der Waals surface area contributed by atoms with Gasteiger partial charge < -0.3 is 4.57 Å². The molecular weight excluding hydrogens is 374 g/mol. The number of carbonyl (C=O) groups excluding carboxylic acids is 1. The normalized spacial score (nSPS) is 11.8. The Bertz CT molecular complexity index is 1210. The Hall–Kier alpha value is -3.50. The van der Waals surface area contributed by atoms with E-state index in [9.17, 15) is 14.9 Å². The molecule has 3 aromatic rings. The number of hydrogen-bond donors (Lipinski definition) is 0. The number of aromatic nitrogens is 1. The Balaban J connectivity index is 1.96. The van der Waals surface area contributed by atoms with E-state index in [0.29, 0.717) is 16.9 Å². The van der Waals surface area contributed by atoms with Crippen LogP contribution in [0.25, 0.3) is 16.3 Å². The summed E-state index contributed by atoms with van der Waals surface area (Å²) >= 11 is 1.43. The van der Waals surface area contributed by atoms with Crippen LogP contribution in [0.2, 0.25) is 0 Å². The van der Waals surface area contributed by atoms with Crippen molar-refractivity contribution in [1.82, 2.24) is 4.57 Å². The average molecular weight is 391 g/mol. The summed E-state index contributed by atoms with van der Waals surface area (Å²) in [4.78, 5) is 27.3. The van der Waals surface area contributed by atoms with Gasteiger partial charge in [-0.25, -0.2) is 0 Å². The third-order valence-corrected chi connectivity index (χ3v) is 5.32. The second-order valence-electron chi connectivity index (χ2n) is 6.24. The molecule has 6 nitrogen and oxygen atoms in total. The molecule has 1 amide bonds. The van der Waals surface area contributed by atoms with Crippen LogP contribution < -0.4 is 4.80 Å². The highest BCUT2D eigenvalue weighted by Crippen LogP contribution is 2.23. The van der Waals surface area contributed by atoms with Crippen LogP contribution in [0.4, 0.5) is 5.69 Å². The van der Waals surface area contributed by atoms with Crippen LogP contribution in [0, 0.1) is 36.3 Å². The van der Waals surface area contributed by atoms with Crippen molar-refractivity contribution in [3.05, 3.63) is 74.1 Å². The van der Waals surface area contributed by atoms with Crippen molar-refractivity contribution in [2.45, 2.75) is 20.4 Å². The average Bonchev–Trinajstić information content (AvgIpc) is 2.98. The number of rotatable bonds is 4. The standard InChI is InChI=1S/C21H17N3O3S/c1-4-11-23-18-13-14(2)12-15(3)20(18)28-21(23)22-19(25)10-7-16-5-8-17(9-6-16)24(26)27/h1,5-10,12-13H,11H2,2-3H3/b10-7-,22-21?. The van der Waals surface area contributed by atoms with Gasteiger partial charge in [0, 0.05) is 18.2 Å². The molecule has 3 rings (SSSR count). The number of terminal acetylenes is 1. The minimum absolute atomic E-state index is 0.000528. The van der Waals surface area contributed by atoms with Crippen molar-refractivity contribution in [3.8, 4) is 12.3 Å². The lowest BCUT2D eigenvalue weighted by Crippen LogP contribution is -2.15. The van der Waals surface area contributed by atoms with Gasteiger partial charge in [-0.1, -0.05) is 23.3 Å². The first-order valence-electron chi connectivity index (χ1n) is 8.44. The number of hydrogen-bond acceptors (Lipinski definition) is 4. The van der Waals surface area contributed by atoms with Crippen molar-refractivity contribution in [1.29, 1.82) is 0 Å². The van der Waals surface area contributed by atoms with E-state index in [0.717, 1.165) is 21.3 Å². The zero-order valence-corrected chi connectivity index (χ0v) is 16.2. The van der Waals surface area contributed by atoms with Crippen molar-refractivity contribution >= 4 is 39.2 Å². The van der Waals surface area contributed by atoms with Gasteiger partial charge in [0.25, 0.3) is 11.6 Å². The summed E-state index contributed by atoms with van der Waals surface area (Å²) in [5, 5.41) is 10.7. The van der Waals surface area contributed by atoms with Gasteiger partial charge in [0.15, 0.2) is 4.80 Å². The number of carbonyl (C=O) groups is 1. The zero-order chi connectivity index (χ0) is 20.3. The predicted octanol–water partition coefficient (Wildman–Crippen LogP) is 4.00. The lowest BCUT2D eigenvalue weighted by molar-refractivity contribution is -0.384. The number of non-ortho nitro benzene ring substituents is 1. The van der Waals surface area contributed by atoms with Crippen LogP contribution in [0.3, 0.4) is 0 Å². The Morgan fingerprint density at radius 3 is 2.68 bits per heavy atom. The third kappa shape index (κ3) is 4.08. The number of benzene rings is 2. The van der Waals surface area contributed by atoms with Crippen LogP contribution in [-0.2, 0) is 11.3 Å². The molecule has 0 N–H and O–H groups in total. The number of aryl methyl sites for hydroxylation is 2. The van der Waals surface area contributed by atoms with E-state index in [2.05, 4.69) is 17.0 Å². The summed E-state index contributed by atoms with van der Waals surface area (Å²) in [7, 11) is 0. The van der Waals surface area contributed by atoms with Gasteiger partial charge in [0.1, 0.15) is 0 Å². The molecule has 0 bridgehead atoms. The molecule has 0 spiro atoms. The first-order valence-corrected chi connectivity index (χ1v) is 9.26. The second-order valence-corrected chi connectivity index (χ2v) is 7.21. The number of fused-ring (bicyclic) bond motifs is 1. The van der Waals surface area contributed by atoms with E-state index in [1.807, 2.05) is 24.5 Å². The van der Waals surface area contributed by atoms with E-state index in [1.165, 1.54) is 29.5 Å². The Kier molecular flexibility index (Phi) is 5.52. The van der Waals surface area contributed by atoms with E-state index in [-0.39, 0.29) is 5.69 Å². The van der Waals surface area contributed by atoms with Crippen molar-refractivity contribution in [3.63, 3.8) is 0 Å². The molecule has 0 aliphatic carbocycles. The van der Waals surface area contributed by atoms with Crippen molar-refractivity contribution < 1.29 is 9.72 Å². The minimum Gasteiger partial charge on any atom is -0.305 e. The molecule has 28 heavy (non-hydrogen) atoms. The molecule has 0 atom stereocenters. The monoisotopic (exact) mass is 391 g/mol. The predicted molar refractivity (Wildman–Crippen MR) is 111 cm³/mol. The van der Waals surface area contributed by atoms with E-state index < -0.39 is 10.8 Å². The molecule has 0 saturated carbocycles. The topological polar surface area (TPSA) is 77.5 Å². The second kappa shape index (κ2) is 8.03. The van der Waals surface area contributed by atoms with Crippen LogP contribution in [0.15, 0.2) is 47.5 Å². The first-order chi connectivity index (χ1) is 13.4. The Morgan fingerprint density at radius 1 is 1.32 bits per heavy atom. The number of nitrogens with zero attached hydrogens (tertiary/aromatic N) is 3. The first kappa shape index (κ1) is 19.3. The highest BCUT2D eigenvalue weighted by Gasteiger charge is 2.09. The molecule has 0 radical (unpaired) electrons. The maximum atomic E-state index is 12.3. The number of nitro benzene ring substituents is 1. The highest BCUT2D eigenvalue weighted by atomic mass is 32.1. The largest absolute Gasteiger partial charge is 0.305 e. The summed E-state index contributed by atoms with van der Waals surface area (Å²) in [5.74, 6) is 2.19. The maximum Gasteiger partial charge on any atom is 0.272 e. The fourth-order valence-electron chi connectivity index (χ4n) is 2.85. The summed E-state index contributed by atoms with van der Waals surface area (Å²) < 4.78 is 2.91. The summed E-state index contributed by atoms with van der Waals surface area (Å²) in [6, 6.07) is 10.0. The van der Waals surface area contributed by atoms with Gasteiger partial charge in [-0.2, -0.15) is 4.99 Å². The van der Waals surface area contributed by atoms with Crippen LogP contribution >= 0.6 is 11.3 Å². The Labute approximate surface area is 165 Å². The van der Waals surface area contributed by atoms with Crippen LogP contribution in [0.5, 0.6) is 0 Å². The molecule has 2 aromatic carbocycles. The molecule has 7 heteroatoms. The number of nitro groups is 1. The quantitative estimate of drug-likeness (QED) is 0.292. The molecule has 0 aliphatic heterocycles. The molecule has 0 unspecified atom stereocenters. The van der Waals surface area contributed by atoms with E-state index in [4.69, 9.17) is 6.42 Å². The highest BCUT2D eigenvalue weighted by molar-refractivity contribution is 7.16. The third-order valence-electron chi connectivity index (χ3n) is 4.09. The molecule has 1 aromatic heterocycles. The fraction of sp³-hybridized carbons (Fsp3) is 0.143. The molecular formula is C21H17N3O3S. The lowest BCUT2D eigenvalue weighted by atomic mass is 10.1. The van der Waals surface area contributed by atoms with Gasteiger partial charge in [0.2, 0.25) is 0 Å². The number of amides is 1. The van der Waals surface area contributed by atoms with Crippen molar-refractivity contribution in [2.75, 3.05) is 0 Å². The smallest absolute Gasteiger partial charge is 0.272 e. The minimum atomic E-state index is -0.469. The molecule has 0 saturated heterocycles. The van der Waals surface area contributed by atoms with Gasteiger partial charge in [-0.15, -0.1) is 6.42 Å². The lowest BCUT2D eigenvalue weighted by Gasteiger charge is -2.02. The van der Waals surface area contributed by atoms with Crippen LogP contribution in [-0.4, -0.2) is 15.4 Å². The maximum absolute atomic E-state index is 12.3. The van der Waals surface area contributed by atoms with E-state index >= 15 is 0 Å². The SMILES string of the molecule is C#CCn1c(=NC(=O)/C=C\c2ccc([N+](=O)[O-])cc2)sc2c(C)cc(C)cc21. The van der Waals surface area contributed by atoms with Crippen molar-refractivity contribution in [2.24, 2.45) is 4.99 Å². The summed E-state index contributed by atoms with van der Waals surface area (Å²) in [6.07, 6.45) is 8.41. The molecule has 0 fully saturated rings. The van der Waals surface area contributed by atoms with Crippen LogP contribution in [0.1, 0.15) is 16.7 Å². The Morgan fingerprint density at radius 2 is 2.04 bits per heavy atom.